The number of amides is 2. The lowest BCUT2D eigenvalue weighted by Gasteiger charge is -2.33. The average Bonchev–Trinajstić information content (AvgIpc) is 3.38. The molecule has 0 radical (unpaired) electrons. The van der Waals surface area contributed by atoms with Crippen molar-refractivity contribution >= 4 is 23.2 Å². The highest BCUT2D eigenvalue weighted by Crippen LogP contribution is 2.33. The molecule has 0 N–H and O–H groups in total. The first-order valence-corrected chi connectivity index (χ1v) is 9.96. The van der Waals surface area contributed by atoms with Crippen molar-refractivity contribution in [1.29, 1.82) is 0 Å². The Morgan fingerprint density at radius 2 is 2.11 bits per heavy atom. The van der Waals surface area contributed by atoms with Crippen LogP contribution in [0.25, 0.3) is 0 Å². The average molecular weight is 386 g/mol. The highest BCUT2D eigenvalue weighted by Gasteiger charge is 2.31. The standard InChI is InChI=1S/C20H22N2O4S/c1-21(11-14-6-7-16-17(10-14)26-13-25-16)19(23)15-4-2-8-22(12-15)20(24)18-5-3-9-27-18/h3,5-7,9-10,15H,2,4,8,11-13H2,1H3. The molecule has 2 aromatic rings. The molecule has 1 aromatic carbocycles. The molecule has 1 saturated heterocycles. The van der Waals surface area contributed by atoms with E-state index in [0.29, 0.717) is 19.6 Å². The summed E-state index contributed by atoms with van der Waals surface area (Å²) in [6, 6.07) is 9.45. The van der Waals surface area contributed by atoms with Gasteiger partial charge in [0.2, 0.25) is 12.7 Å². The van der Waals surface area contributed by atoms with E-state index in [0.717, 1.165) is 34.8 Å². The Kier molecular flexibility index (Phi) is 5.03. The van der Waals surface area contributed by atoms with Gasteiger partial charge in [-0.15, -0.1) is 11.3 Å². The first kappa shape index (κ1) is 17.9. The smallest absolute Gasteiger partial charge is 0.263 e. The van der Waals surface area contributed by atoms with Crippen molar-refractivity contribution in [3.05, 3.63) is 46.2 Å². The van der Waals surface area contributed by atoms with Crippen LogP contribution in [0, 0.1) is 5.92 Å². The molecule has 3 heterocycles. The number of hydrogen-bond acceptors (Lipinski definition) is 5. The van der Waals surface area contributed by atoms with Crippen molar-refractivity contribution < 1.29 is 19.1 Å². The Morgan fingerprint density at radius 3 is 2.93 bits per heavy atom. The van der Waals surface area contributed by atoms with Crippen molar-refractivity contribution in [2.45, 2.75) is 19.4 Å². The fraction of sp³-hybridized carbons (Fsp3) is 0.400. The summed E-state index contributed by atoms with van der Waals surface area (Å²) >= 11 is 1.44. The number of nitrogens with zero attached hydrogens (tertiary/aromatic N) is 2. The van der Waals surface area contributed by atoms with E-state index in [2.05, 4.69) is 0 Å². The topological polar surface area (TPSA) is 59.1 Å². The zero-order chi connectivity index (χ0) is 18.8. The molecule has 0 aliphatic carbocycles. The number of ether oxygens (including phenoxy) is 2. The van der Waals surface area contributed by atoms with Gasteiger partial charge in [0.25, 0.3) is 5.91 Å². The van der Waals surface area contributed by atoms with Crippen LogP contribution in [0.3, 0.4) is 0 Å². The Morgan fingerprint density at radius 1 is 1.26 bits per heavy atom. The summed E-state index contributed by atoms with van der Waals surface area (Å²) in [6.45, 7) is 1.95. The van der Waals surface area contributed by atoms with Gasteiger partial charge in [-0.25, -0.2) is 0 Å². The number of benzene rings is 1. The molecule has 6 nitrogen and oxygen atoms in total. The van der Waals surface area contributed by atoms with E-state index in [1.165, 1.54) is 11.3 Å². The fourth-order valence-electron chi connectivity index (χ4n) is 3.62. The highest BCUT2D eigenvalue weighted by atomic mass is 32.1. The second-order valence-electron chi connectivity index (χ2n) is 6.95. The highest BCUT2D eigenvalue weighted by molar-refractivity contribution is 7.12. The molecular weight excluding hydrogens is 364 g/mol. The number of carbonyl (C=O) groups is 2. The van der Waals surface area contributed by atoms with Gasteiger partial charge in [0.15, 0.2) is 11.5 Å². The lowest BCUT2D eigenvalue weighted by molar-refractivity contribution is -0.136. The maximum Gasteiger partial charge on any atom is 0.263 e. The third-order valence-electron chi connectivity index (χ3n) is 5.02. The van der Waals surface area contributed by atoms with E-state index >= 15 is 0 Å². The van der Waals surface area contributed by atoms with Gasteiger partial charge in [-0.1, -0.05) is 12.1 Å². The van der Waals surface area contributed by atoms with E-state index in [4.69, 9.17) is 9.47 Å². The van der Waals surface area contributed by atoms with Gasteiger partial charge < -0.3 is 19.3 Å². The van der Waals surface area contributed by atoms with Gasteiger partial charge >= 0.3 is 0 Å². The summed E-state index contributed by atoms with van der Waals surface area (Å²) in [7, 11) is 1.81. The first-order valence-electron chi connectivity index (χ1n) is 9.08. The molecule has 1 atom stereocenters. The second kappa shape index (κ2) is 7.60. The lowest BCUT2D eigenvalue weighted by Crippen LogP contribution is -2.45. The molecule has 2 amide bonds. The van der Waals surface area contributed by atoms with Crippen LogP contribution in [0.2, 0.25) is 0 Å². The predicted octanol–water partition coefficient (Wildman–Crippen LogP) is 2.99. The summed E-state index contributed by atoms with van der Waals surface area (Å²) in [4.78, 5) is 29.8. The van der Waals surface area contributed by atoms with Gasteiger partial charge in [-0.05, 0) is 42.0 Å². The number of carbonyl (C=O) groups excluding carboxylic acids is 2. The Balaban J connectivity index is 1.38. The van der Waals surface area contributed by atoms with Gasteiger partial charge in [-0.2, -0.15) is 0 Å². The maximum atomic E-state index is 12.9. The minimum Gasteiger partial charge on any atom is -0.454 e. The van der Waals surface area contributed by atoms with Crippen LogP contribution in [-0.2, 0) is 11.3 Å². The summed E-state index contributed by atoms with van der Waals surface area (Å²) in [5.41, 5.74) is 0.998. The zero-order valence-electron chi connectivity index (χ0n) is 15.2. The Labute approximate surface area is 162 Å². The van der Waals surface area contributed by atoms with Crippen LogP contribution in [-0.4, -0.2) is 48.5 Å². The van der Waals surface area contributed by atoms with Crippen molar-refractivity contribution in [2.24, 2.45) is 5.92 Å². The number of hydrogen-bond donors (Lipinski definition) is 0. The first-order chi connectivity index (χ1) is 13.1. The van der Waals surface area contributed by atoms with Gasteiger partial charge in [0.1, 0.15) is 0 Å². The van der Waals surface area contributed by atoms with Crippen molar-refractivity contribution in [3.63, 3.8) is 0 Å². The number of thiophene rings is 1. The summed E-state index contributed by atoms with van der Waals surface area (Å²) in [5.74, 6) is 1.42. The molecule has 0 saturated carbocycles. The Hall–Kier alpha value is -2.54. The van der Waals surface area contributed by atoms with Crippen LogP contribution in [0.1, 0.15) is 28.1 Å². The number of rotatable bonds is 4. The minimum atomic E-state index is -0.151. The van der Waals surface area contributed by atoms with Crippen molar-refractivity contribution in [2.75, 3.05) is 26.9 Å². The minimum absolute atomic E-state index is 0.0286. The SMILES string of the molecule is CN(Cc1ccc2c(c1)OCO2)C(=O)C1CCCN(C(=O)c2cccs2)C1. The molecular formula is C20H22N2O4S. The van der Waals surface area contributed by atoms with Gasteiger partial charge in [0.05, 0.1) is 10.8 Å². The zero-order valence-corrected chi connectivity index (χ0v) is 16.0. The molecule has 1 unspecified atom stereocenters. The molecule has 2 aliphatic heterocycles. The Bertz CT molecular complexity index is 837. The van der Waals surface area contributed by atoms with Crippen LogP contribution >= 0.6 is 11.3 Å². The lowest BCUT2D eigenvalue weighted by atomic mass is 9.96. The summed E-state index contributed by atoms with van der Waals surface area (Å²) in [6.07, 6.45) is 1.67. The second-order valence-corrected chi connectivity index (χ2v) is 7.90. The summed E-state index contributed by atoms with van der Waals surface area (Å²) < 4.78 is 10.7. The normalized spacial score (nSPS) is 18.4. The van der Waals surface area contributed by atoms with Crippen LogP contribution in [0.4, 0.5) is 0 Å². The van der Waals surface area contributed by atoms with E-state index < -0.39 is 0 Å². The molecule has 7 heteroatoms. The molecule has 1 aromatic heterocycles. The molecule has 0 bridgehead atoms. The van der Waals surface area contributed by atoms with Crippen molar-refractivity contribution in [1.82, 2.24) is 9.80 Å². The quantitative estimate of drug-likeness (QED) is 0.811. The number of piperidine rings is 1. The molecule has 1 fully saturated rings. The van der Waals surface area contributed by atoms with Gasteiger partial charge in [0, 0.05) is 26.7 Å². The monoisotopic (exact) mass is 386 g/mol. The van der Waals surface area contributed by atoms with E-state index in [-0.39, 0.29) is 24.5 Å². The molecule has 2 aliphatic rings. The predicted molar refractivity (Wildman–Crippen MR) is 102 cm³/mol. The van der Waals surface area contributed by atoms with Crippen molar-refractivity contribution in [3.8, 4) is 11.5 Å². The third-order valence-corrected chi connectivity index (χ3v) is 5.88. The van der Waals surface area contributed by atoms with Crippen LogP contribution < -0.4 is 9.47 Å². The molecule has 27 heavy (non-hydrogen) atoms. The number of likely N-dealkylation sites (tertiary alicyclic amines) is 1. The van der Waals surface area contributed by atoms with E-state index in [1.54, 1.807) is 4.90 Å². The van der Waals surface area contributed by atoms with E-state index in [1.807, 2.05) is 47.7 Å². The molecule has 142 valence electrons. The van der Waals surface area contributed by atoms with Crippen LogP contribution in [0.15, 0.2) is 35.7 Å². The number of fused-ring (bicyclic) bond motifs is 1. The van der Waals surface area contributed by atoms with E-state index in [9.17, 15) is 9.59 Å². The fourth-order valence-corrected chi connectivity index (χ4v) is 4.31. The molecule has 0 spiro atoms. The third kappa shape index (κ3) is 3.78. The van der Waals surface area contributed by atoms with Crippen LogP contribution in [0.5, 0.6) is 11.5 Å². The molecule has 4 rings (SSSR count). The maximum absolute atomic E-state index is 12.9. The van der Waals surface area contributed by atoms with Gasteiger partial charge in [-0.3, -0.25) is 9.59 Å². The summed E-state index contributed by atoms with van der Waals surface area (Å²) in [5, 5.41) is 1.90. The largest absolute Gasteiger partial charge is 0.454 e.